The molecule has 0 saturated carbocycles. The lowest BCUT2D eigenvalue weighted by Gasteiger charge is -2.14. The van der Waals surface area contributed by atoms with Gasteiger partial charge >= 0.3 is 0 Å². The molecule has 4 nitrogen and oxygen atoms in total. The number of halogens is 1. The zero-order valence-electron chi connectivity index (χ0n) is 15.1. The number of nitrogens with zero attached hydrogens (tertiary/aromatic N) is 1. The van der Waals surface area contributed by atoms with Crippen molar-refractivity contribution in [1.82, 2.24) is 4.90 Å². The average Bonchev–Trinajstić information content (AvgIpc) is 2.87. The first-order valence-electron chi connectivity index (χ1n) is 8.16. The van der Waals surface area contributed by atoms with E-state index in [0.717, 1.165) is 16.7 Å². The molecular weight excluding hydrogens is 402 g/mol. The van der Waals surface area contributed by atoms with Crippen molar-refractivity contribution in [1.29, 1.82) is 0 Å². The molecule has 27 heavy (non-hydrogen) atoms. The number of likely N-dealkylation sites (N-methyl/N-ethyl adjacent to an activating group) is 1. The van der Waals surface area contributed by atoms with Crippen LogP contribution in [0.2, 0.25) is 5.02 Å². The summed E-state index contributed by atoms with van der Waals surface area (Å²) in [6.45, 7) is 2.41. The molecule has 0 aliphatic carbocycles. The van der Waals surface area contributed by atoms with Gasteiger partial charge in [0.1, 0.15) is 10.9 Å². The van der Waals surface area contributed by atoms with Gasteiger partial charge in [0.15, 0.2) is 11.5 Å². The maximum absolute atomic E-state index is 12.2. The molecule has 1 heterocycles. The van der Waals surface area contributed by atoms with Crippen molar-refractivity contribution in [3.05, 3.63) is 63.0 Å². The van der Waals surface area contributed by atoms with E-state index >= 15 is 0 Å². The minimum atomic E-state index is -0.125. The lowest BCUT2D eigenvalue weighted by atomic mass is 10.1. The fraction of sp³-hybridized carbons (Fsp3) is 0.200. The fourth-order valence-corrected chi connectivity index (χ4v) is 4.07. The number of rotatable bonds is 5. The van der Waals surface area contributed by atoms with Gasteiger partial charge in [-0.05, 0) is 36.3 Å². The molecule has 1 amide bonds. The Morgan fingerprint density at radius 2 is 2.07 bits per heavy atom. The third-order valence-electron chi connectivity index (χ3n) is 4.00. The maximum Gasteiger partial charge on any atom is 0.265 e. The molecule has 1 aliphatic rings. The van der Waals surface area contributed by atoms with Gasteiger partial charge in [-0.3, -0.25) is 9.69 Å². The lowest BCUT2D eigenvalue weighted by molar-refractivity contribution is -0.121. The summed E-state index contributed by atoms with van der Waals surface area (Å²) in [6.07, 6.45) is 1.75. The Bertz CT molecular complexity index is 943. The Kier molecular flexibility index (Phi) is 6.09. The molecule has 0 atom stereocenters. The number of amides is 1. The van der Waals surface area contributed by atoms with E-state index in [4.69, 9.17) is 33.3 Å². The summed E-state index contributed by atoms with van der Waals surface area (Å²) < 4.78 is 11.9. The van der Waals surface area contributed by atoms with E-state index in [1.807, 2.05) is 25.1 Å². The summed E-state index contributed by atoms with van der Waals surface area (Å²) in [5.74, 6) is 0.856. The van der Waals surface area contributed by atoms with Crippen LogP contribution in [0.3, 0.4) is 0 Å². The van der Waals surface area contributed by atoms with Crippen LogP contribution >= 0.6 is 35.6 Å². The number of benzene rings is 2. The number of methoxy groups -OCH3 is 1. The first-order chi connectivity index (χ1) is 12.9. The number of ether oxygens (including phenoxy) is 2. The first-order valence-corrected chi connectivity index (χ1v) is 9.76. The summed E-state index contributed by atoms with van der Waals surface area (Å²) in [4.78, 5) is 14.2. The van der Waals surface area contributed by atoms with Crippen LogP contribution in [0.15, 0.2) is 41.3 Å². The molecule has 0 radical (unpaired) electrons. The molecule has 0 bridgehead atoms. The highest BCUT2D eigenvalue weighted by atomic mass is 35.5. The van der Waals surface area contributed by atoms with Crippen LogP contribution in [-0.4, -0.2) is 29.3 Å². The quantitative estimate of drug-likeness (QED) is 0.500. The average molecular weight is 420 g/mol. The molecule has 1 saturated heterocycles. The Morgan fingerprint density at radius 1 is 1.30 bits per heavy atom. The Morgan fingerprint density at radius 3 is 2.70 bits per heavy atom. The Labute approximate surface area is 173 Å². The molecule has 0 unspecified atom stereocenters. The highest BCUT2D eigenvalue weighted by molar-refractivity contribution is 8.26. The van der Waals surface area contributed by atoms with E-state index < -0.39 is 0 Å². The van der Waals surface area contributed by atoms with Crippen molar-refractivity contribution >= 4 is 51.9 Å². The summed E-state index contributed by atoms with van der Waals surface area (Å²) in [6, 6.07) is 11.6. The Balaban J connectivity index is 1.85. The normalized spacial score (nSPS) is 15.6. The maximum atomic E-state index is 12.2. The molecule has 0 spiro atoms. The second-order valence-corrected chi connectivity index (χ2v) is 8.14. The summed E-state index contributed by atoms with van der Waals surface area (Å²) in [7, 11) is 3.22. The molecule has 2 aromatic rings. The second-order valence-electron chi connectivity index (χ2n) is 6.05. The van der Waals surface area contributed by atoms with E-state index in [2.05, 4.69) is 6.07 Å². The number of aryl methyl sites for hydroxylation is 1. The van der Waals surface area contributed by atoms with Crippen molar-refractivity contribution < 1.29 is 14.3 Å². The smallest absolute Gasteiger partial charge is 0.265 e. The zero-order valence-corrected chi connectivity index (χ0v) is 17.5. The van der Waals surface area contributed by atoms with Crippen molar-refractivity contribution in [2.75, 3.05) is 14.2 Å². The van der Waals surface area contributed by atoms with Crippen LogP contribution in [-0.2, 0) is 11.4 Å². The summed E-state index contributed by atoms with van der Waals surface area (Å²) in [5, 5.41) is 0.417. The summed E-state index contributed by atoms with van der Waals surface area (Å²) in [5.41, 5.74) is 2.95. The minimum Gasteiger partial charge on any atom is -0.493 e. The molecular formula is C20H18ClNO3S2. The van der Waals surface area contributed by atoms with E-state index in [9.17, 15) is 4.79 Å². The van der Waals surface area contributed by atoms with Crippen LogP contribution in [0.1, 0.15) is 16.7 Å². The van der Waals surface area contributed by atoms with Crippen LogP contribution < -0.4 is 9.47 Å². The van der Waals surface area contributed by atoms with Crippen LogP contribution in [0, 0.1) is 6.92 Å². The topological polar surface area (TPSA) is 38.8 Å². The van der Waals surface area contributed by atoms with Crippen LogP contribution in [0.25, 0.3) is 6.08 Å². The third kappa shape index (κ3) is 4.46. The van der Waals surface area contributed by atoms with Gasteiger partial charge in [0.25, 0.3) is 5.91 Å². The van der Waals surface area contributed by atoms with Gasteiger partial charge in [0.2, 0.25) is 0 Å². The molecule has 3 rings (SSSR count). The molecule has 1 fully saturated rings. The third-order valence-corrected chi connectivity index (χ3v) is 5.77. The van der Waals surface area contributed by atoms with Crippen molar-refractivity contribution in [3.63, 3.8) is 0 Å². The Hall–Kier alpha value is -2.02. The summed E-state index contributed by atoms with van der Waals surface area (Å²) >= 11 is 12.8. The fourth-order valence-electron chi connectivity index (χ4n) is 2.62. The number of thiocarbonyl (C=S) groups is 1. The first kappa shape index (κ1) is 19.7. The molecule has 7 heteroatoms. The van der Waals surface area contributed by atoms with Gasteiger partial charge < -0.3 is 9.47 Å². The van der Waals surface area contributed by atoms with Gasteiger partial charge in [0.05, 0.1) is 17.0 Å². The van der Waals surface area contributed by atoms with Crippen LogP contribution in [0.4, 0.5) is 0 Å². The van der Waals surface area contributed by atoms with E-state index in [1.54, 1.807) is 32.4 Å². The minimum absolute atomic E-state index is 0.125. The van der Waals surface area contributed by atoms with Crippen LogP contribution in [0.5, 0.6) is 11.5 Å². The second kappa shape index (κ2) is 8.33. The molecule has 1 aliphatic heterocycles. The zero-order chi connectivity index (χ0) is 19.6. The monoisotopic (exact) mass is 419 g/mol. The van der Waals surface area contributed by atoms with E-state index in [-0.39, 0.29) is 5.91 Å². The number of thioether (sulfide) groups is 1. The number of hydrogen-bond acceptors (Lipinski definition) is 5. The van der Waals surface area contributed by atoms with Gasteiger partial charge in [-0.2, -0.15) is 0 Å². The predicted molar refractivity (Wildman–Crippen MR) is 114 cm³/mol. The van der Waals surface area contributed by atoms with Gasteiger partial charge in [-0.15, -0.1) is 0 Å². The molecule has 2 aromatic carbocycles. The van der Waals surface area contributed by atoms with Gasteiger partial charge in [-0.25, -0.2) is 0 Å². The molecule has 140 valence electrons. The van der Waals surface area contributed by atoms with E-state index in [0.29, 0.717) is 32.4 Å². The van der Waals surface area contributed by atoms with Crippen molar-refractivity contribution in [2.24, 2.45) is 0 Å². The van der Waals surface area contributed by atoms with Crippen molar-refractivity contribution in [2.45, 2.75) is 13.5 Å². The largest absolute Gasteiger partial charge is 0.493 e. The highest BCUT2D eigenvalue weighted by Gasteiger charge is 2.28. The standard InChI is InChI=1S/C20H18ClNO3S2/c1-12-5-4-6-13(7-12)11-25-18-15(21)8-14(9-16(18)24-3)10-17-19(23)22(2)20(26)27-17/h4-10H,11H2,1-3H3. The molecule has 0 N–H and O–H groups in total. The number of hydrogen-bond donors (Lipinski definition) is 0. The number of carbonyl (C=O) groups excluding carboxylic acids is 1. The van der Waals surface area contributed by atoms with Crippen molar-refractivity contribution in [3.8, 4) is 11.5 Å². The van der Waals surface area contributed by atoms with Gasteiger partial charge in [0, 0.05) is 7.05 Å². The highest BCUT2D eigenvalue weighted by Crippen LogP contribution is 2.39. The van der Waals surface area contributed by atoms with Gasteiger partial charge in [-0.1, -0.05) is 65.4 Å². The van der Waals surface area contributed by atoms with E-state index in [1.165, 1.54) is 16.7 Å². The molecule has 0 aromatic heterocycles. The predicted octanol–water partition coefficient (Wildman–Crippen LogP) is 5.07. The number of carbonyl (C=O) groups is 1. The SMILES string of the molecule is COc1cc(C=C2SC(=S)N(C)C2=O)cc(Cl)c1OCc1cccc(C)c1. The lowest BCUT2D eigenvalue weighted by Crippen LogP contribution is -2.22.